The first-order valence-electron chi connectivity index (χ1n) is 8.12. The van der Waals surface area contributed by atoms with Crippen molar-refractivity contribution in [3.63, 3.8) is 0 Å². The molecule has 23 heavy (non-hydrogen) atoms. The summed E-state index contributed by atoms with van der Waals surface area (Å²) in [5, 5.41) is 1.14. The molecule has 1 atom stereocenters. The van der Waals surface area contributed by atoms with Crippen LogP contribution in [0.2, 0.25) is 0 Å². The fraction of sp³-hybridized carbons (Fsp3) is 0.250. The fourth-order valence-electron chi connectivity index (χ4n) is 3.68. The number of H-pyrrole nitrogens is 1. The second kappa shape index (κ2) is 5.58. The first-order chi connectivity index (χ1) is 11.2. The molecule has 1 aromatic heterocycles. The number of hydrogen-bond acceptors (Lipinski definition) is 1. The average molecular weight is 304 g/mol. The Morgan fingerprint density at radius 3 is 2.87 bits per heavy atom. The van der Waals surface area contributed by atoms with Gasteiger partial charge >= 0.3 is 0 Å². The Morgan fingerprint density at radius 1 is 1.17 bits per heavy atom. The van der Waals surface area contributed by atoms with E-state index in [9.17, 15) is 4.79 Å². The normalized spacial score (nSPS) is 16.5. The van der Waals surface area contributed by atoms with Crippen LogP contribution in [0.1, 0.15) is 29.2 Å². The number of hydrogen-bond donors (Lipinski definition) is 1. The fourth-order valence-corrected chi connectivity index (χ4v) is 3.68. The van der Waals surface area contributed by atoms with E-state index in [2.05, 4.69) is 35.3 Å². The molecule has 0 unspecified atom stereocenters. The quantitative estimate of drug-likeness (QED) is 0.783. The van der Waals surface area contributed by atoms with E-state index in [4.69, 9.17) is 0 Å². The molecule has 2 aromatic carbocycles. The molecular formula is C20H20N2O. The molecule has 4 rings (SSSR count). The number of aromatic amines is 1. The first kappa shape index (κ1) is 14.1. The standard InChI is InChI=1S/C20H20N2O/c1-22(19-11-10-14-6-2-3-8-17(14)19)20(23)12-15-13-21-18-9-5-4-7-16(15)18/h2-9,13,19,21H,10-12H2,1H3/t19-/m0/s1. The van der Waals surface area contributed by atoms with Crippen LogP contribution in [0, 0.1) is 0 Å². The van der Waals surface area contributed by atoms with Gasteiger partial charge in [0.2, 0.25) is 5.91 Å². The zero-order valence-corrected chi connectivity index (χ0v) is 13.3. The molecule has 0 saturated carbocycles. The lowest BCUT2D eigenvalue weighted by molar-refractivity contribution is -0.131. The van der Waals surface area contributed by atoms with Gasteiger partial charge < -0.3 is 9.88 Å². The number of para-hydroxylation sites is 1. The van der Waals surface area contributed by atoms with Gasteiger partial charge in [-0.05, 0) is 35.6 Å². The van der Waals surface area contributed by atoms with Crippen molar-refractivity contribution < 1.29 is 4.79 Å². The number of benzene rings is 2. The van der Waals surface area contributed by atoms with E-state index >= 15 is 0 Å². The van der Waals surface area contributed by atoms with Gasteiger partial charge in [-0.25, -0.2) is 0 Å². The van der Waals surface area contributed by atoms with Crippen LogP contribution in [-0.2, 0) is 17.6 Å². The summed E-state index contributed by atoms with van der Waals surface area (Å²) < 4.78 is 0. The number of nitrogens with zero attached hydrogens (tertiary/aromatic N) is 1. The summed E-state index contributed by atoms with van der Waals surface area (Å²) >= 11 is 0. The Hall–Kier alpha value is -2.55. The van der Waals surface area contributed by atoms with Crippen LogP contribution in [0.5, 0.6) is 0 Å². The van der Waals surface area contributed by atoms with Crippen molar-refractivity contribution in [1.82, 2.24) is 9.88 Å². The second-order valence-electron chi connectivity index (χ2n) is 6.29. The number of aryl methyl sites for hydroxylation is 1. The van der Waals surface area contributed by atoms with Gasteiger partial charge in [0.25, 0.3) is 0 Å². The lowest BCUT2D eigenvalue weighted by Gasteiger charge is -2.25. The van der Waals surface area contributed by atoms with Crippen molar-refractivity contribution in [3.05, 3.63) is 71.4 Å². The molecule has 1 N–H and O–H groups in total. The lowest BCUT2D eigenvalue weighted by Crippen LogP contribution is -2.31. The molecule has 0 saturated heterocycles. The van der Waals surface area contributed by atoms with E-state index < -0.39 is 0 Å². The molecule has 0 aliphatic heterocycles. The number of nitrogens with one attached hydrogen (secondary N) is 1. The zero-order chi connectivity index (χ0) is 15.8. The summed E-state index contributed by atoms with van der Waals surface area (Å²) in [6.07, 6.45) is 4.49. The summed E-state index contributed by atoms with van der Waals surface area (Å²) in [7, 11) is 1.93. The maximum Gasteiger partial charge on any atom is 0.227 e. The van der Waals surface area contributed by atoms with Gasteiger partial charge in [0.05, 0.1) is 12.5 Å². The van der Waals surface area contributed by atoms with E-state index in [1.807, 2.05) is 36.3 Å². The first-order valence-corrected chi connectivity index (χ1v) is 8.12. The van der Waals surface area contributed by atoms with Gasteiger partial charge in [0.15, 0.2) is 0 Å². The van der Waals surface area contributed by atoms with Crippen molar-refractivity contribution in [2.45, 2.75) is 25.3 Å². The van der Waals surface area contributed by atoms with E-state index in [1.165, 1.54) is 11.1 Å². The van der Waals surface area contributed by atoms with Crippen molar-refractivity contribution in [3.8, 4) is 0 Å². The molecule has 1 heterocycles. The molecule has 3 nitrogen and oxygen atoms in total. The summed E-state index contributed by atoms with van der Waals surface area (Å²) in [5.74, 6) is 0.177. The van der Waals surface area contributed by atoms with E-state index in [0.717, 1.165) is 29.3 Å². The minimum Gasteiger partial charge on any atom is -0.361 e. The van der Waals surface area contributed by atoms with E-state index in [-0.39, 0.29) is 11.9 Å². The molecular weight excluding hydrogens is 284 g/mol. The van der Waals surface area contributed by atoms with Crippen molar-refractivity contribution >= 4 is 16.8 Å². The smallest absolute Gasteiger partial charge is 0.227 e. The molecule has 0 radical (unpaired) electrons. The van der Waals surface area contributed by atoms with Crippen molar-refractivity contribution in [2.24, 2.45) is 0 Å². The third kappa shape index (κ3) is 2.42. The maximum atomic E-state index is 12.8. The van der Waals surface area contributed by atoms with Gasteiger partial charge in [-0.2, -0.15) is 0 Å². The van der Waals surface area contributed by atoms with Crippen LogP contribution < -0.4 is 0 Å². The summed E-state index contributed by atoms with van der Waals surface area (Å²) in [6, 6.07) is 16.8. The Kier molecular flexibility index (Phi) is 3.41. The molecule has 1 amide bonds. The molecule has 1 aliphatic rings. The monoisotopic (exact) mass is 304 g/mol. The molecule has 1 aliphatic carbocycles. The highest BCUT2D eigenvalue weighted by molar-refractivity contribution is 5.89. The van der Waals surface area contributed by atoms with Crippen LogP contribution in [0.25, 0.3) is 10.9 Å². The van der Waals surface area contributed by atoms with Crippen LogP contribution in [0.3, 0.4) is 0 Å². The molecule has 3 aromatic rings. The zero-order valence-electron chi connectivity index (χ0n) is 13.3. The average Bonchev–Trinajstić information content (AvgIpc) is 3.19. The number of likely N-dealkylation sites (N-methyl/N-ethyl adjacent to an activating group) is 1. The highest BCUT2D eigenvalue weighted by atomic mass is 16.2. The SMILES string of the molecule is CN(C(=O)Cc1c[nH]c2ccccc12)[C@H]1CCc2ccccc21. The summed E-state index contributed by atoms with van der Waals surface area (Å²) in [5.41, 5.74) is 4.85. The predicted octanol–water partition coefficient (Wildman–Crippen LogP) is 3.86. The van der Waals surface area contributed by atoms with E-state index in [0.29, 0.717) is 6.42 Å². The largest absolute Gasteiger partial charge is 0.361 e. The highest BCUT2D eigenvalue weighted by Gasteiger charge is 2.28. The minimum absolute atomic E-state index is 0.177. The third-order valence-corrected chi connectivity index (χ3v) is 4.98. The highest BCUT2D eigenvalue weighted by Crippen LogP contribution is 2.35. The number of carbonyl (C=O) groups is 1. The number of fused-ring (bicyclic) bond motifs is 2. The Morgan fingerprint density at radius 2 is 1.96 bits per heavy atom. The summed E-state index contributed by atoms with van der Waals surface area (Å²) in [4.78, 5) is 17.9. The van der Waals surface area contributed by atoms with E-state index in [1.54, 1.807) is 0 Å². The van der Waals surface area contributed by atoms with Crippen molar-refractivity contribution in [2.75, 3.05) is 7.05 Å². The van der Waals surface area contributed by atoms with Gasteiger partial charge in [-0.15, -0.1) is 0 Å². The Labute approximate surface area is 135 Å². The number of carbonyl (C=O) groups excluding carboxylic acids is 1. The Balaban J connectivity index is 1.56. The number of aromatic nitrogens is 1. The molecule has 0 spiro atoms. The van der Waals surface area contributed by atoms with Crippen LogP contribution in [0.15, 0.2) is 54.7 Å². The van der Waals surface area contributed by atoms with Gasteiger partial charge in [0, 0.05) is 24.1 Å². The van der Waals surface area contributed by atoms with Gasteiger partial charge in [-0.3, -0.25) is 4.79 Å². The second-order valence-corrected chi connectivity index (χ2v) is 6.29. The van der Waals surface area contributed by atoms with Crippen LogP contribution >= 0.6 is 0 Å². The number of amides is 1. The van der Waals surface area contributed by atoms with Gasteiger partial charge in [0.1, 0.15) is 0 Å². The van der Waals surface area contributed by atoms with Gasteiger partial charge in [-0.1, -0.05) is 42.5 Å². The van der Waals surface area contributed by atoms with Crippen LogP contribution in [0.4, 0.5) is 0 Å². The topological polar surface area (TPSA) is 36.1 Å². The Bertz CT molecular complexity index is 865. The lowest BCUT2D eigenvalue weighted by atomic mass is 10.1. The molecule has 116 valence electrons. The molecule has 0 fully saturated rings. The molecule has 0 bridgehead atoms. The van der Waals surface area contributed by atoms with Crippen molar-refractivity contribution in [1.29, 1.82) is 0 Å². The number of rotatable bonds is 3. The van der Waals surface area contributed by atoms with Crippen LogP contribution in [-0.4, -0.2) is 22.8 Å². The molecule has 3 heteroatoms. The predicted molar refractivity (Wildman–Crippen MR) is 92.3 cm³/mol. The summed E-state index contributed by atoms with van der Waals surface area (Å²) in [6.45, 7) is 0. The third-order valence-electron chi connectivity index (χ3n) is 4.98. The maximum absolute atomic E-state index is 12.8. The minimum atomic E-state index is 0.177.